The number of nitrogens with zero attached hydrogens (tertiary/aromatic N) is 2. The fourth-order valence-electron chi connectivity index (χ4n) is 5.59. The van der Waals surface area contributed by atoms with Crippen LogP contribution in [0.2, 0.25) is 28.3 Å². The van der Waals surface area contributed by atoms with E-state index in [1.54, 1.807) is 27.5 Å². The first-order chi connectivity index (χ1) is 30.8. The zero-order valence-corrected chi connectivity index (χ0v) is 50.9. The van der Waals surface area contributed by atoms with Gasteiger partial charge in [0.15, 0.2) is 0 Å². The van der Waals surface area contributed by atoms with Crippen molar-refractivity contribution in [1.82, 2.24) is 9.80 Å². The van der Waals surface area contributed by atoms with Gasteiger partial charge in [-0.2, -0.15) is 0 Å². The summed E-state index contributed by atoms with van der Waals surface area (Å²) in [5.74, 6) is -2.20. The number of carboxylic acids is 2. The van der Waals surface area contributed by atoms with E-state index in [-0.39, 0.29) is 99.2 Å². The molecule has 0 heterocycles. The van der Waals surface area contributed by atoms with Gasteiger partial charge in [-0.05, 0) is 0 Å². The molecule has 2 unspecified atom stereocenters. The third-order valence-electron chi connectivity index (χ3n) is 9.46. The number of rotatable bonds is 30. The van der Waals surface area contributed by atoms with Crippen LogP contribution in [0.5, 0.6) is 0 Å². The van der Waals surface area contributed by atoms with E-state index in [0.29, 0.717) is 49.8 Å². The van der Waals surface area contributed by atoms with E-state index in [9.17, 15) is 9.59 Å². The molecule has 0 aliphatic heterocycles. The molecular weight excluding hydrogens is 1160 g/mol. The predicted molar refractivity (Wildman–Crippen MR) is 274 cm³/mol. The maximum absolute atomic E-state index is 10.9. The molecule has 10 radical (unpaired) electrons. The van der Waals surface area contributed by atoms with Crippen LogP contribution < -0.4 is 0 Å². The van der Waals surface area contributed by atoms with Crippen molar-refractivity contribution >= 4 is 87.3 Å². The third kappa shape index (κ3) is 47.2. The van der Waals surface area contributed by atoms with Gasteiger partial charge in [0.2, 0.25) is 0 Å². The smallest absolute Gasteiger partial charge is 0.0558 e. The first kappa shape index (κ1) is 73.7. The molecule has 0 aliphatic rings. The standard InChI is InChI=1S/2C10H11GeO2.2C6H15NO3.4C4H9.H2O.2Sn/c2*1-7-4-2-3-5-8(7)9(6-11)10(12)13;2*8-4-1-7(2-5-9)3-6-10;4*1-3-4-2;;;/h2*2-5,9H,6H2,1H3,(H,12,13);2*8-10H,1-6H2;4*1,3-4H2,2H3;1H2;;. The van der Waals surface area contributed by atoms with Crippen LogP contribution in [0.3, 0.4) is 0 Å². The second-order valence-electron chi connectivity index (χ2n) is 14.8. The third-order valence-corrected chi connectivity index (χ3v) is 19.2. The first-order valence-corrected chi connectivity index (χ1v) is 34.3. The van der Waals surface area contributed by atoms with Gasteiger partial charge in [0.1, 0.15) is 0 Å². The predicted octanol–water partition coefficient (Wildman–Crippen LogP) is 5.46. The van der Waals surface area contributed by atoms with Gasteiger partial charge in [-0.1, -0.05) is 0 Å². The normalized spacial score (nSPS) is 11.1. The maximum Gasteiger partial charge on any atom is 0.0558 e. The number of aliphatic hydroxyl groups excluding tert-OH is 6. The molecular formula is C48H90Ge2N2O11Sn2. The van der Waals surface area contributed by atoms with E-state index in [4.69, 9.17) is 40.9 Å². The summed E-state index contributed by atoms with van der Waals surface area (Å²) in [7, 11) is 0. The molecule has 0 spiro atoms. The van der Waals surface area contributed by atoms with Crippen LogP contribution in [-0.2, 0) is 9.59 Å². The van der Waals surface area contributed by atoms with E-state index in [1.165, 1.54) is 51.4 Å². The summed E-state index contributed by atoms with van der Waals surface area (Å²) < 4.78 is 6.50. The maximum atomic E-state index is 10.9. The molecule has 0 fully saturated rings. The number of hydrogen-bond acceptors (Lipinski definition) is 10. The summed E-state index contributed by atoms with van der Waals surface area (Å²) in [6.07, 6.45) is 11.7. The van der Waals surface area contributed by atoms with Gasteiger partial charge in [-0.15, -0.1) is 0 Å². The molecule has 0 aromatic heterocycles. The fourth-order valence-corrected chi connectivity index (χ4v) is 15.6. The van der Waals surface area contributed by atoms with Crippen LogP contribution in [0.25, 0.3) is 0 Å². The van der Waals surface area contributed by atoms with Gasteiger partial charge in [0.05, 0.1) is 39.6 Å². The number of benzene rings is 2. The quantitative estimate of drug-likeness (QED) is 0.0360. The molecule has 0 bridgehead atoms. The zero-order valence-electron chi connectivity index (χ0n) is 40.9. The average molecular weight is 1250 g/mol. The van der Waals surface area contributed by atoms with E-state index in [1.807, 2.05) is 95.4 Å². The number of unbranched alkanes of at least 4 members (excludes halogenated alkanes) is 4. The van der Waals surface area contributed by atoms with Crippen LogP contribution in [0, 0.1) is 13.8 Å². The van der Waals surface area contributed by atoms with Gasteiger partial charge in [0, 0.05) is 39.3 Å². The molecule has 0 saturated heterocycles. The number of carboxylic acid groups (broad SMARTS) is 2. The summed E-state index contributed by atoms with van der Waals surface area (Å²) in [6, 6.07) is 15.3. The number of aliphatic carboxylic acids is 2. The van der Waals surface area contributed by atoms with Gasteiger partial charge in [-0.25, -0.2) is 0 Å². The van der Waals surface area contributed by atoms with Crippen molar-refractivity contribution in [2.24, 2.45) is 0 Å². The second kappa shape index (κ2) is 58.0. The van der Waals surface area contributed by atoms with Crippen LogP contribution in [0.4, 0.5) is 0 Å². The van der Waals surface area contributed by atoms with Crippen LogP contribution >= 0.6 is 0 Å². The van der Waals surface area contributed by atoms with Crippen molar-refractivity contribution in [3.63, 3.8) is 0 Å². The van der Waals surface area contributed by atoms with Gasteiger partial charge < -0.3 is 36.1 Å². The SMILES string of the molecule is CCC[CH2][Sn][CH2]CCC.CCC[CH2][Sn][CH2]CCC.Cc1ccccc1C([CH2][Ge])C(=O)O.Cc1ccccc1C([CH2][Ge])C(=O)O.O.OCCN(CCO)CCO.OCCN(CCO)CCO. The molecule has 2 aromatic rings. The van der Waals surface area contributed by atoms with Crippen molar-refractivity contribution in [2.75, 3.05) is 78.9 Å². The Labute approximate surface area is 432 Å². The van der Waals surface area contributed by atoms with Crippen molar-refractivity contribution < 1.29 is 55.9 Å². The minimum absolute atomic E-state index is 0. The molecule has 0 aliphatic carbocycles. The Morgan fingerprint density at radius 3 is 0.892 bits per heavy atom. The minimum atomic E-state index is -0.739. The molecule has 65 heavy (non-hydrogen) atoms. The Hall–Kier alpha value is -0.297. The Bertz CT molecular complexity index is 1160. The molecule has 17 heteroatoms. The Balaban J connectivity index is -0.000000223. The van der Waals surface area contributed by atoms with Crippen LogP contribution in [-0.4, -0.2) is 222 Å². The van der Waals surface area contributed by atoms with Gasteiger partial charge in [0.25, 0.3) is 0 Å². The Morgan fingerprint density at radius 1 is 0.492 bits per heavy atom. The summed E-state index contributed by atoms with van der Waals surface area (Å²) in [4.78, 5) is 25.3. The van der Waals surface area contributed by atoms with E-state index in [0.717, 1.165) is 22.3 Å². The minimum Gasteiger partial charge on any atom is -0.412 e. The zero-order chi connectivity index (χ0) is 49.2. The molecule has 2 aromatic carbocycles. The van der Waals surface area contributed by atoms with Crippen molar-refractivity contribution in [2.45, 2.75) is 133 Å². The topological polar surface area (TPSA) is 234 Å². The number of aryl methyl sites for hydroxylation is 2. The fraction of sp³-hybridized carbons (Fsp3) is 0.708. The molecule has 2 atom stereocenters. The van der Waals surface area contributed by atoms with Crippen molar-refractivity contribution in [1.29, 1.82) is 0 Å². The molecule has 0 saturated carbocycles. The molecule has 374 valence electrons. The first-order valence-electron chi connectivity index (χ1n) is 23.2. The molecule has 13 nitrogen and oxygen atoms in total. The van der Waals surface area contributed by atoms with E-state index >= 15 is 0 Å². The van der Waals surface area contributed by atoms with Crippen LogP contribution in [0.1, 0.15) is 113 Å². The Morgan fingerprint density at radius 2 is 0.723 bits per heavy atom. The largest absolute Gasteiger partial charge is 0.412 e. The summed E-state index contributed by atoms with van der Waals surface area (Å²) in [5.41, 5.74) is 3.96. The molecule has 2 rings (SSSR count). The Kier molecular flexibility index (Phi) is 65.8. The number of carbonyl (C=O) groups is 2. The van der Waals surface area contributed by atoms with E-state index < -0.39 is 11.9 Å². The van der Waals surface area contributed by atoms with Crippen molar-refractivity contribution in [3.05, 3.63) is 70.8 Å². The van der Waals surface area contributed by atoms with Crippen LogP contribution in [0.15, 0.2) is 48.5 Å². The molecule has 10 N–H and O–H groups in total. The second-order valence-corrected chi connectivity index (χ2v) is 25.1. The van der Waals surface area contributed by atoms with Gasteiger partial charge in [-0.3, -0.25) is 9.80 Å². The summed E-state index contributed by atoms with van der Waals surface area (Å²) in [6.45, 7) is 16.6. The number of aliphatic hydroxyl groups is 6. The van der Waals surface area contributed by atoms with Crippen molar-refractivity contribution in [3.8, 4) is 0 Å². The summed E-state index contributed by atoms with van der Waals surface area (Å²) >= 11 is 4.09. The monoisotopic (exact) mass is 1260 g/mol. The average Bonchev–Trinajstić information content (AvgIpc) is 3.27. The molecule has 0 amide bonds. The summed E-state index contributed by atoms with van der Waals surface area (Å²) in [5, 5.41) is 70.1. The van der Waals surface area contributed by atoms with Gasteiger partial charge >= 0.3 is 311 Å². The van der Waals surface area contributed by atoms with E-state index in [2.05, 4.69) is 27.7 Å². The number of hydrogen-bond donors (Lipinski definition) is 8.